The molecular formula is C23H38N4O3S. The molecule has 1 aromatic rings. The van der Waals surface area contributed by atoms with Crippen molar-refractivity contribution in [3.8, 4) is 0 Å². The van der Waals surface area contributed by atoms with Crippen molar-refractivity contribution in [2.75, 3.05) is 45.2 Å². The van der Waals surface area contributed by atoms with E-state index in [1.54, 1.807) is 11.8 Å². The normalized spacial score (nSPS) is 24.4. The number of carbonyl (C=O) groups is 1. The Labute approximate surface area is 190 Å². The first-order valence-electron chi connectivity index (χ1n) is 11.9. The molecule has 7 nitrogen and oxygen atoms in total. The Hall–Kier alpha value is -1.09. The summed E-state index contributed by atoms with van der Waals surface area (Å²) in [7, 11) is 0. The predicted octanol–water partition coefficient (Wildman–Crippen LogP) is 2.92. The molecular weight excluding hydrogens is 412 g/mol. The molecule has 31 heavy (non-hydrogen) atoms. The highest BCUT2D eigenvalue weighted by molar-refractivity contribution is 7.99. The third kappa shape index (κ3) is 5.64. The van der Waals surface area contributed by atoms with Gasteiger partial charge in [0.1, 0.15) is 0 Å². The second-order valence-corrected chi connectivity index (χ2v) is 10.2. The summed E-state index contributed by atoms with van der Waals surface area (Å²) in [6, 6.07) is 0. The van der Waals surface area contributed by atoms with Crippen molar-refractivity contribution in [2.45, 2.75) is 82.1 Å². The largest absolute Gasteiger partial charge is 0.379 e. The van der Waals surface area contributed by atoms with Crippen LogP contribution in [0.2, 0.25) is 0 Å². The van der Waals surface area contributed by atoms with Crippen molar-refractivity contribution in [3.05, 3.63) is 11.4 Å². The Kier molecular flexibility index (Phi) is 7.96. The number of rotatable bonds is 8. The van der Waals surface area contributed by atoms with Crippen LogP contribution < -0.4 is 5.32 Å². The number of nitrogens with zero attached hydrogens (tertiary/aromatic N) is 3. The predicted molar refractivity (Wildman–Crippen MR) is 123 cm³/mol. The molecule has 1 N–H and O–H groups in total. The Balaban J connectivity index is 1.33. The number of nitrogens with one attached hydrogen (secondary N) is 1. The first kappa shape index (κ1) is 23.1. The molecule has 3 heterocycles. The topological polar surface area (TPSA) is 68.6 Å². The zero-order chi connectivity index (χ0) is 21.7. The average Bonchev–Trinajstić information content (AvgIpc) is 3.41. The minimum atomic E-state index is 0.102. The van der Waals surface area contributed by atoms with Crippen LogP contribution in [0.5, 0.6) is 0 Å². The number of hydrogen-bond acceptors (Lipinski definition) is 6. The Morgan fingerprint density at radius 3 is 2.65 bits per heavy atom. The van der Waals surface area contributed by atoms with Crippen molar-refractivity contribution < 1.29 is 14.3 Å². The van der Waals surface area contributed by atoms with Gasteiger partial charge in [0.25, 0.3) is 0 Å². The number of imidazole rings is 1. The van der Waals surface area contributed by atoms with Crippen LogP contribution in [0.1, 0.15) is 56.3 Å². The van der Waals surface area contributed by atoms with Gasteiger partial charge in [-0.05, 0) is 39.5 Å². The summed E-state index contributed by atoms with van der Waals surface area (Å²) in [5.41, 5.74) is 2.31. The Bertz CT molecular complexity index is 735. The number of carbonyl (C=O) groups excluding carboxylic acids is 1. The molecule has 4 rings (SSSR count). The molecule has 174 valence electrons. The second-order valence-electron chi connectivity index (χ2n) is 9.26. The van der Waals surface area contributed by atoms with Gasteiger partial charge in [-0.2, -0.15) is 0 Å². The lowest BCUT2D eigenvalue weighted by molar-refractivity contribution is -0.119. The highest BCUT2D eigenvalue weighted by Crippen LogP contribution is 2.34. The van der Waals surface area contributed by atoms with Gasteiger partial charge in [-0.25, -0.2) is 4.98 Å². The van der Waals surface area contributed by atoms with Crippen LogP contribution in [0.3, 0.4) is 0 Å². The summed E-state index contributed by atoms with van der Waals surface area (Å²) in [6.07, 6.45) is 8.65. The molecule has 0 aromatic carbocycles. The van der Waals surface area contributed by atoms with Crippen LogP contribution in [0, 0.1) is 13.8 Å². The van der Waals surface area contributed by atoms with E-state index in [1.807, 2.05) is 6.92 Å². The van der Waals surface area contributed by atoms with Crippen molar-refractivity contribution >= 4 is 17.7 Å². The molecule has 0 spiro atoms. The van der Waals surface area contributed by atoms with Gasteiger partial charge in [0, 0.05) is 37.5 Å². The zero-order valence-corrected chi connectivity index (χ0v) is 20.0. The highest BCUT2D eigenvalue weighted by atomic mass is 32.2. The molecule has 2 aliphatic heterocycles. The van der Waals surface area contributed by atoms with Crippen LogP contribution in [0.25, 0.3) is 0 Å². The molecule has 2 saturated heterocycles. The van der Waals surface area contributed by atoms with E-state index in [0.717, 1.165) is 69.7 Å². The smallest absolute Gasteiger partial charge is 0.230 e. The number of morpholine rings is 1. The maximum atomic E-state index is 12.8. The number of hydrogen-bond donors (Lipinski definition) is 1. The minimum Gasteiger partial charge on any atom is -0.379 e. The van der Waals surface area contributed by atoms with Gasteiger partial charge in [0.2, 0.25) is 5.91 Å². The van der Waals surface area contributed by atoms with Crippen molar-refractivity contribution in [1.29, 1.82) is 0 Å². The summed E-state index contributed by atoms with van der Waals surface area (Å²) in [5, 5.41) is 4.20. The van der Waals surface area contributed by atoms with Crippen molar-refractivity contribution in [3.63, 3.8) is 0 Å². The standard InChI is InChI=1S/C23H38N4O3S/c1-18-19(2)27(15-20-7-6-12-30-20)22(25-18)31-16-21(28)24-17-23(8-4-3-5-9-23)26-10-13-29-14-11-26/h20H,3-17H2,1-2H3,(H,24,28)/t20-/m0/s1. The maximum absolute atomic E-state index is 12.8. The lowest BCUT2D eigenvalue weighted by Crippen LogP contribution is -2.59. The fraction of sp³-hybridized carbons (Fsp3) is 0.826. The third-order valence-electron chi connectivity index (χ3n) is 7.25. The molecule has 3 aliphatic rings. The summed E-state index contributed by atoms with van der Waals surface area (Å²) >= 11 is 1.55. The molecule has 0 bridgehead atoms. The van der Waals surface area contributed by atoms with Gasteiger partial charge in [-0.1, -0.05) is 31.0 Å². The molecule has 0 unspecified atom stereocenters. The van der Waals surface area contributed by atoms with Crippen LogP contribution in [0.4, 0.5) is 0 Å². The fourth-order valence-electron chi connectivity index (χ4n) is 5.24. The monoisotopic (exact) mass is 450 g/mol. The summed E-state index contributed by atoms with van der Waals surface area (Å²) in [6.45, 7) is 10.1. The van der Waals surface area contributed by atoms with E-state index in [1.165, 1.54) is 37.8 Å². The van der Waals surface area contributed by atoms with Gasteiger partial charge >= 0.3 is 0 Å². The maximum Gasteiger partial charge on any atom is 0.230 e. The number of ether oxygens (including phenoxy) is 2. The number of amides is 1. The van der Waals surface area contributed by atoms with Gasteiger partial charge in [0.15, 0.2) is 5.16 Å². The Morgan fingerprint density at radius 1 is 1.16 bits per heavy atom. The summed E-state index contributed by atoms with van der Waals surface area (Å²) in [5.74, 6) is 0.505. The van der Waals surface area contributed by atoms with E-state index in [2.05, 4.69) is 21.7 Å². The third-order valence-corrected chi connectivity index (χ3v) is 8.22. The fourth-order valence-corrected chi connectivity index (χ4v) is 6.17. The van der Waals surface area contributed by atoms with Crippen LogP contribution >= 0.6 is 11.8 Å². The van der Waals surface area contributed by atoms with E-state index < -0.39 is 0 Å². The summed E-state index contributed by atoms with van der Waals surface area (Å²) < 4.78 is 13.6. The Morgan fingerprint density at radius 2 is 1.94 bits per heavy atom. The van der Waals surface area contributed by atoms with E-state index in [9.17, 15) is 4.79 Å². The quantitative estimate of drug-likeness (QED) is 0.614. The molecule has 1 saturated carbocycles. The van der Waals surface area contributed by atoms with Crippen molar-refractivity contribution in [1.82, 2.24) is 19.8 Å². The first-order valence-corrected chi connectivity index (χ1v) is 12.9. The van der Waals surface area contributed by atoms with E-state index in [4.69, 9.17) is 14.5 Å². The molecule has 1 aliphatic carbocycles. The SMILES string of the molecule is Cc1nc(SCC(=O)NCC2(N3CCOCC3)CCCCC2)n(C[C@@H]2CCCO2)c1C. The van der Waals surface area contributed by atoms with Gasteiger partial charge in [-0.15, -0.1) is 0 Å². The molecule has 1 amide bonds. The lowest BCUT2D eigenvalue weighted by atomic mass is 9.79. The molecule has 1 atom stereocenters. The van der Waals surface area contributed by atoms with Gasteiger partial charge in [-0.3, -0.25) is 9.69 Å². The second kappa shape index (κ2) is 10.7. The van der Waals surface area contributed by atoms with Crippen molar-refractivity contribution in [2.24, 2.45) is 0 Å². The van der Waals surface area contributed by atoms with E-state index in [0.29, 0.717) is 5.75 Å². The number of thioether (sulfide) groups is 1. The zero-order valence-electron chi connectivity index (χ0n) is 19.2. The minimum absolute atomic E-state index is 0.102. The lowest BCUT2D eigenvalue weighted by Gasteiger charge is -2.48. The van der Waals surface area contributed by atoms with Crippen LogP contribution in [-0.4, -0.2) is 77.2 Å². The highest BCUT2D eigenvalue weighted by Gasteiger charge is 2.38. The molecule has 1 aromatic heterocycles. The van der Waals surface area contributed by atoms with E-state index in [-0.39, 0.29) is 17.6 Å². The molecule has 8 heteroatoms. The van der Waals surface area contributed by atoms with Gasteiger partial charge in [0.05, 0.1) is 37.3 Å². The summed E-state index contributed by atoms with van der Waals surface area (Å²) in [4.78, 5) is 20.1. The first-order chi connectivity index (χ1) is 15.1. The van der Waals surface area contributed by atoms with E-state index >= 15 is 0 Å². The molecule has 3 fully saturated rings. The number of aromatic nitrogens is 2. The van der Waals surface area contributed by atoms with Gasteiger partial charge < -0.3 is 19.4 Å². The van der Waals surface area contributed by atoms with Crippen LogP contribution in [-0.2, 0) is 20.8 Å². The average molecular weight is 451 g/mol. The number of aryl methyl sites for hydroxylation is 1. The molecule has 0 radical (unpaired) electrons. The van der Waals surface area contributed by atoms with Crippen LogP contribution in [0.15, 0.2) is 5.16 Å².